The van der Waals surface area contributed by atoms with Gasteiger partial charge in [-0.25, -0.2) is 0 Å². The number of aryl methyl sites for hydroxylation is 1. The van der Waals surface area contributed by atoms with E-state index in [9.17, 15) is 4.79 Å². The maximum absolute atomic E-state index is 11.8. The average molecular weight is 308 g/mol. The van der Waals surface area contributed by atoms with Crippen LogP contribution >= 0.6 is 15.9 Å². The molecule has 0 aliphatic heterocycles. The van der Waals surface area contributed by atoms with Crippen molar-refractivity contribution in [3.63, 3.8) is 0 Å². The molecule has 0 fully saturated rings. The molecule has 2 rings (SSSR count). The summed E-state index contributed by atoms with van der Waals surface area (Å²) < 4.78 is 2.79. The number of amides is 1. The van der Waals surface area contributed by atoms with Crippen molar-refractivity contribution in [2.75, 3.05) is 0 Å². The highest BCUT2D eigenvalue weighted by atomic mass is 79.9. The number of halogens is 1. The molecule has 0 spiro atoms. The predicted octanol–water partition coefficient (Wildman–Crippen LogP) is 2.60. The van der Waals surface area contributed by atoms with Crippen LogP contribution in [0, 0.1) is 0 Å². The molecule has 2 aromatic rings. The molecule has 1 amide bonds. The van der Waals surface area contributed by atoms with Gasteiger partial charge >= 0.3 is 0 Å². The van der Waals surface area contributed by atoms with E-state index in [2.05, 4.69) is 26.3 Å². The molecule has 0 saturated carbocycles. The SMILES string of the molecule is CCn1ccc(CNC(=O)c2ccc(Br)cc2)n1. The fourth-order valence-electron chi connectivity index (χ4n) is 1.55. The zero-order valence-corrected chi connectivity index (χ0v) is 11.6. The Hall–Kier alpha value is -1.62. The van der Waals surface area contributed by atoms with Crippen LogP contribution in [-0.2, 0) is 13.1 Å². The van der Waals surface area contributed by atoms with Gasteiger partial charge in [-0.05, 0) is 37.3 Å². The maximum Gasteiger partial charge on any atom is 0.251 e. The van der Waals surface area contributed by atoms with Crippen molar-refractivity contribution < 1.29 is 4.79 Å². The second kappa shape index (κ2) is 5.82. The normalized spacial score (nSPS) is 10.3. The molecule has 0 saturated heterocycles. The molecule has 1 aromatic carbocycles. The Morgan fingerprint density at radius 1 is 1.33 bits per heavy atom. The van der Waals surface area contributed by atoms with E-state index in [1.807, 2.05) is 36.0 Å². The number of rotatable bonds is 4. The van der Waals surface area contributed by atoms with Crippen molar-refractivity contribution in [3.05, 3.63) is 52.3 Å². The lowest BCUT2D eigenvalue weighted by Gasteiger charge is -2.03. The lowest BCUT2D eigenvalue weighted by molar-refractivity contribution is 0.0950. The molecule has 0 aliphatic rings. The third kappa shape index (κ3) is 3.20. The van der Waals surface area contributed by atoms with E-state index >= 15 is 0 Å². The third-order valence-corrected chi connectivity index (χ3v) is 3.09. The largest absolute Gasteiger partial charge is 0.346 e. The van der Waals surface area contributed by atoms with Crippen LogP contribution in [0.3, 0.4) is 0 Å². The van der Waals surface area contributed by atoms with Gasteiger partial charge in [0.05, 0.1) is 12.2 Å². The van der Waals surface area contributed by atoms with Crippen LogP contribution in [0.2, 0.25) is 0 Å². The lowest BCUT2D eigenvalue weighted by atomic mass is 10.2. The van der Waals surface area contributed by atoms with E-state index in [0.29, 0.717) is 12.1 Å². The van der Waals surface area contributed by atoms with Crippen LogP contribution in [0.15, 0.2) is 41.0 Å². The van der Waals surface area contributed by atoms with Gasteiger partial charge in [-0.15, -0.1) is 0 Å². The summed E-state index contributed by atoms with van der Waals surface area (Å²) in [6.45, 7) is 3.31. The molecule has 5 heteroatoms. The molecule has 1 aromatic heterocycles. The fourth-order valence-corrected chi connectivity index (χ4v) is 1.81. The quantitative estimate of drug-likeness (QED) is 0.944. The molecular weight excluding hydrogens is 294 g/mol. The Labute approximate surface area is 114 Å². The van der Waals surface area contributed by atoms with Crippen LogP contribution in [0.5, 0.6) is 0 Å². The van der Waals surface area contributed by atoms with E-state index in [4.69, 9.17) is 0 Å². The molecule has 0 atom stereocenters. The van der Waals surface area contributed by atoms with Crippen molar-refractivity contribution in [2.24, 2.45) is 0 Å². The van der Waals surface area contributed by atoms with Gasteiger partial charge in [-0.1, -0.05) is 15.9 Å². The number of carbonyl (C=O) groups is 1. The molecule has 1 heterocycles. The fraction of sp³-hybridized carbons (Fsp3) is 0.231. The Morgan fingerprint density at radius 3 is 2.67 bits per heavy atom. The smallest absolute Gasteiger partial charge is 0.251 e. The summed E-state index contributed by atoms with van der Waals surface area (Å²) in [6, 6.07) is 9.17. The number of nitrogens with one attached hydrogen (secondary N) is 1. The number of hydrogen-bond acceptors (Lipinski definition) is 2. The van der Waals surface area contributed by atoms with Gasteiger partial charge in [0.1, 0.15) is 0 Å². The minimum atomic E-state index is -0.0893. The van der Waals surface area contributed by atoms with E-state index < -0.39 is 0 Å². The number of benzene rings is 1. The van der Waals surface area contributed by atoms with Gasteiger partial charge < -0.3 is 5.32 Å². The van der Waals surface area contributed by atoms with Crippen LogP contribution in [-0.4, -0.2) is 15.7 Å². The molecule has 1 N–H and O–H groups in total. The number of carbonyl (C=O) groups excluding carboxylic acids is 1. The summed E-state index contributed by atoms with van der Waals surface area (Å²) in [7, 11) is 0. The molecule has 0 aliphatic carbocycles. The second-order valence-electron chi connectivity index (χ2n) is 3.85. The van der Waals surface area contributed by atoms with Crippen LogP contribution in [0.1, 0.15) is 23.0 Å². The van der Waals surface area contributed by atoms with Crippen molar-refractivity contribution in [2.45, 2.75) is 20.0 Å². The third-order valence-electron chi connectivity index (χ3n) is 2.56. The summed E-state index contributed by atoms with van der Waals surface area (Å²) >= 11 is 3.34. The first-order valence-electron chi connectivity index (χ1n) is 5.75. The summed E-state index contributed by atoms with van der Waals surface area (Å²) in [5.74, 6) is -0.0893. The molecule has 4 nitrogen and oxygen atoms in total. The second-order valence-corrected chi connectivity index (χ2v) is 4.77. The number of aromatic nitrogens is 2. The van der Waals surface area contributed by atoms with Crippen molar-refractivity contribution in [3.8, 4) is 0 Å². The van der Waals surface area contributed by atoms with Gasteiger partial charge in [0.2, 0.25) is 0 Å². The van der Waals surface area contributed by atoms with Gasteiger partial charge in [-0.3, -0.25) is 9.48 Å². The zero-order chi connectivity index (χ0) is 13.0. The minimum absolute atomic E-state index is 0.0893. The van der Waals surface area contributed by atoms with E-state index in [1.165, 1.54) is 0 Å². The lowest BCUT2D eigenvalue weighted by Crippen LogP contribution is -2.23. The Kier molecular flexibility index (Phi) is 4.15. The van der Waals surface area contributed by atoms with Gasteiger partial charge in [0.15, 0.2) is 0 Å². The van der Waals surface area contributed by atoms with Gasteiger partial charge in [0, 0.05) is 22.8 Å². The molecular formula is C13H14BrN3O. The molecule has 18 heavy (non-hydrogen) atoms. The topological polar surface area (TPSA) is 46.9 Å². The van der Waals surface area contributed by atoms with Gasteiger partial charge in [0.25, 0.3) is 5.91 Å². The first kappa shape index (κ1) is 12.8. The average Bonchev–Trinajstić information content (AvgIpc) is 2.85. The van der Waals surface area contributed by atoms with Crippen LogP contribution < -0.4 is 5.32 Å². The van der Waals surface area contributed by atoms with Gasteiger partial charge in [-0.2, -0.15) is 5.10 Å². The Balaban J connectivity index is 1.93. The summed E-state index contributed by atoms with van der Waals surface area (Å²) in [5.41, 5.74) is 1.51. The Morgan fingerprint density at radius 2 is 2.06 bits per heavy atom. The summed E-state index contributed by atoms with van der Waals surface area (Å²) in [6.07, 6.45) is 1.90. The summed E-state index contributed by atoms with van der Waals surface area (Å²) in [5, 5.41) is 7.14. The highest BCUT2D eigenvalue weighted by molar-refractivity contribution is 9.10. The first-order valence-corrected chi connectivity index (χ1v) is 6.54. The maximum atomic E-state index is 11.8. The Bertz CT molecular complexity index is 533. The van der Waals surface area contributed by atoms with Crippen LogP contribution in [0.4, 0.5) is 0 Å². The monoisotopic (exact) mass is 307 g/mol. The first-order chi connectivity index (χ1) is 8.69. The highest BCUT2D eigenvalue weighted by Crippen LogP contribution is 2.10. The highest BCUT2D eigenvalue weighted by Gasteiger charge is 2.05. The minimum Gasteiger partial charge on any atom is -0.346 e. The molecule has 0 radical (unpaired) electrons. The molecule has 94 valence electrons. The number of hydrogen-bond donors (Lipinski definition) is 1. The van der Waals surface area contributed by atoms with E-state index in [-0.39, 0.29) is 5.91 Å². The molecule has 0 bridgehead atoms. The van der Waals surface area contributed by atoms with E-state index in [1.54, 1.807) is 12.1 Å². The zero-order valence-electron chi connectivity index (χ0n) is 10.1. The number of nitrogens with zero attached hydrogens (tertiary/aromatic N) is 2. The predicted molar refractivity (Wildman–Crippen MR) is 73.2 cm³/mol. The summed E-state index contributed by atoms with van der Waals surface area (Å²) in [4.78, 5) is 11.8. The van der Waals surface area contributed by atoms with Crippen molar-refractivity contribution in [1.82, 2.24) is 15.1 Å². The molecule has 0 unspecified atom stereocenters. The standard InChI is InChI=1S/C13H14BrN3O/c1-2-17-8-7-12(16-17)9-15-13(18)10-3-5-11(14)6-4-10/h3-8H,2,9H2,1H3,(H,15,18). The van der Waals surface area contributed by atoms with Crippen LogP contribution in [0.25, 0.3) is 0 Å². The van der Waals surface area contributed by atoms with Crippen molar-refractivity contribution in [1.29, 1.82) is 0 Å². The van der Waals surface area contributed by atoms with E-state index in [0.717, 1.165) is 16.7 Å². The van der Waals surface area contributed by atoms with Crippen molar-refractivity contribution >= 4 is 21.8 Å².